The molecule has 0 bridgehead atoms. The molecule has 0 saturated carbocycles. The van der Waals surface area contributed by atoms with Crippen LogP contribution >= 0.6 is 0 Å². The van der Waals surface area contributed by atoms with Crippen LogP contribution in [-0.2, 0) is 0 Å². The van der Waals surface area contributed by atoms with Gasteiger partial charge in [0.05, 0.1) is 17.9 Å². The van der Waals surface area contributed by atoms with Crippen molar-refractivity contribution in [2.24, 2.45) is 0 Å². The molecule has 1 aromatic carbocycles. The van der Waals surface area contributed by atoms with Crippen LogP contribution in [-0.4, -0.2) is 16.5 Å². The van der Waals surface area contributed by atoms with Crippen LogP contribution in [0.5, 0.6) is 0 Å². The van der Waals surface area contributed by atoms with Crippen molar-refractivity contribution in [3.05, 3.63) is 59.2 Å². The van der Waals surface area contributed by atoms with E-state index in [-0.39, 0.29) is 6.04 Å². The third-order valence-electron chi connectivity index (χ3n) is 3.21. The van der Waals surface area contributed by atoms with Gasteiger partial charge in [-0.15, -0.1) is 0 Å². The van der Waals surface area contributed by atoms with Crippen molar-refractivity contribution in [2.45, 2.75) is 33.2 Å². The largest absolute Gasteiger partial charge is 0.305 e. The van der Waals surface area contributed by atoms with Gasteiger partial charge in [-0.3, -0.25) is 9.97 Å². The number of nitrogens with zero attached hydrogens (tertiary/aromatic N) is 2. The standard InChI is InChI=1S/C16H21N3/c1-4-7-19-16(15-11-17-8-9-18-15)14-6-5-12(2)10-13(14)3/h5-6,8-11,16,19H,4,7H2,1-3H3. The van der Waals surface area contributed by atoms with Crippen LogP contribution in [0.1, 0.15) is 41.8 Å². The van der Waals surface area contributed by atoms with E-state index >= 15 is 0 Å². The summed E-state index contributed by atoms with van der Waals surface area (Å²) in [4.78, 5) is 8.63. The van der Waals surface area contributed by atoms with Crippen LogP contribution < -0.4 is 5.32 Å². The van der Waals surface area contributed by atoms with Gasteiger partial charge >= 0.3 is 0 Å². The van der Waals surface area contributed by atoms with Gasteiger partial charge in [-0.05, 0) is 37.9 Å². The highest BCUT2D eigenvalue weighted by atomic mass is 14.9. The molecule has 0 aliphatic carbocycles. The minimum atomic E-state index is 0.120. The maximum absolute atomic E-state index is 4.45. The number of nitrogens with one attached hydrogen (secondary N) is 1. The zero-order valence-corrected chi connectivity index (χ0v) is 11.9. The van der Waals surface area contributed by atoms with Crippen molar-refractivity contribution >= 4 is 0 Å². The molecular formula is C16H21N3. The van der Waals surface area contributed by atoms with Crippen LogP contribution in [0.2, 0.25) is 0 Å². The highest BCUT2D eigenvalue weighted by Crippen LogP contribution is 2.23. The summed E-state index contributed by atoms with van der Waals surface area (Å²) in [7, 11) is 0. The quantitative estimate of drug-likeness (QED) is 0.891. The van der Waals surface area contributed by atoms with Gasteiger partial charge in [0.2, 0.25) is 0 Å². The molecular weight excluding hydrogens is 234 g/mol. The maximum atomic E-state index is 4.45. The van der Waals surface area contributed by atoms with E-state index in [9.17, 15) is 0 Å². The lowest BCUT2D eigenvalue weighted by Gasteiger charge is -2.20. The van der Waals surface area contributed by atoms with Gasteiger partial charge in [-0.1, -0.05) is 30.7 Å². The fourth-order valence-corrected chi connectivity index (χ4v) is 2.27. The first kappa shape index (κ1) is 13.7. The Morgan fingerprint density at radius 2 is 2.05 bits per heavy atom. The van der Waals surface area contributed by atoms with E-state index in [1.54, 1.807) is 12.4 Å². The summed E-state index contributed by atoms with van der Waals surface area (Å²) in [5, 5.41) is 3.56. The van der Waals surface area contributed by atoms with Gasteiger partial charge in [0.25, 0.3) is 0 Å². The van der Waals surface area contributed by atoms with Crippen LogP contribution in [0, 0.1) is 13.8 Å². The molecule has 19 heavy (non-hydrogen) atoms. The Morgan fingerprint density at radius 3 is 2.68 bits per heavy atom. The van der Waals surface area contributed by atoms with Crippen molar-refractivity contribution in [1.29, 1.82) is 0 Å². The molecule has 1 aromatic heterocycles. The number of benzene rings is 1. The van der Waals surface area contributed by atoms with E-state index < -0.39 is 0 Å². The lowest BCUT2D eigenvalue weighted by molar-refractivity contribution is 0.582. The molecule has 0 spiro atoms. The van der Waals surface area contributed by atoms with Gasteiger partial charge in [0.1, 0.15) is 0 Å². The SMILES string of the molecule is CCCNC(c1cnccn1)c1ccc(C)cc1C. The average Bonchev–Trinajstić information content (AvgIpc) is 2.42. The zero-order chi connectivity index (χ0) is 13.7. The van der Waals surface area contributed by atoms with E-state index in [2.05, 4.69) is 54.3 Å². The minimum absolute atomic E-state index is 0.120. The predicted octanol–water partition coefficient (Wildman–Crippen LogP) is 3.18. The van der Waals surface area contributed by atoms with E-state index in [4.69, 9.17) is 0 Å². The summed E-state index contributed by atoms with van der Waals surface area (Å²) >= 11 is 0. The highest BCUT2D eigenvalue weighted by molar-refractivity contribution is 5.36. The molecule has 1 N–H and O–H groups in total. The third kappa shape index (κ3) is 3.38. The molecule has 1 heterocycles. The number of aryl methyl sites for hydroxylation is 2. The molecule has 0 fully saturated rings. The first-order valence-corrected chi connectivity index (χ1v) is 6.78. The molecule has 0 aliphatic heterocycles. The second kappa shape index (κ2) is 6.43. The Hall–Kier alpha value is -1.74. The van der Waals surface area contributed by atoms with E-state index in [1.807, 2.05) is 6.20 Å². The minimum Gasteiger partial charge on any atom is -0.305 e. The normalized spacial score (nSPS) is 12.4. The molecule has 3 heteroatoms. The van der Waals surface area contributed by atoms with Crippen LogP contribution in [0.3, 0.4) is 0 Å². The van der Waals surface area contributed by atoms with Gasteiger partial charge in [0, 0.05) is 12.4 Å². The summed E-state index contributed by atoms with van der Waals surface area (Å²) < 4.78 is 0. The predicted molar refractivity (Wildman–Crippen MR) is 78.1 cm³/mol. The topological polar surface area (TPSA) is 37.8 Å². The summed E-state index contributed by atoms with van der Waals surface area (Å²) in [6.45, 7) is 7.41. The van der Waals surface area contributed by atoms with Gasteiger partial charge in [-0.25, -0.2) is 0 Å². The molecule has 0 radical (unpaired) electrons. The second-order valence-corrected chi connectivity index (χ2v) is 4.88. The number of hydrogen-bond donors (Lipinski definition) is 1. The first-order chi connectivity index (χ1) is 9.22. The Labute approximate surface area is 115 Å². The fourth-order valence-electron chi connectivity index (χ4n) is 2.27. The average molecular weight is 255 g/mol. The maximum Gasteiger partial charge on any atom is 0.0801 e. The lowest BCUT2D eigenvalue weighted by atomic mass is 9.97. The molecule has 100 valence electrons. The highest BCUT2D eigenvalue weighted by Gasteiger charge is 2.16. The molecule has 0 aliphatic rings. The Kier molecular flexibility index (Phi) is 4.63. The van der Waals surface area contributed by atoms with Gasteiger partial charge < -0.3 is 5.32 Å². The molecule has 2 rings (SSSR count). The lowest BCUT2D eigenvalue weighted by Crippen LogP contribution is -2.25. The van der Waals surface area contributed by atoms with Crippen LogP contribution in [0.15, 0.2) is 36.8 Å². The van der Waals surface area contributed by atoms with Crippen LogP contribution in [0.4, 0.5) is 0 Å². The zero-order valence-electron chi connectivity index (χ0n) is 11.9. The summed E-state index contributed by atoms with van der Waals surface area (Å²) in [6.07, 6.45) is 6.40. The molecule has 1 unspecified atom stereocenters. The third-order valence-corrected chi connectivity index (χ3v) is 3.21. The van der Waals surface area contributed by atoms with Gasteiger partial charge in [-0.2, -0.15) is 0 Å². The summed E-state index contributed by atoms with van der Waals surface area (Å²) in [5.41, 5.74) is 4.83. The monoisotopic (exact) mass is 255 g/mol. The second-order valence-electron chi connectivity index (χ2n) is 4.88. The molecule has 0 amide bonds. The summed E-state index contributed by atoms with van der Waals surface area (Å²) in [6, 6.07) is 6.67. The van der Waals surface area contributed by atoms with E-state index in [0.717, 1.165) is 18.7 Å². The van der Waals surface area contributed by atoms with Crippen molar-refractivity contribution in [3.8, 4) is 0 Å². The van der Waals surface area contributed by atoms with E-state index in [1.165, 1.54) is 16.7 Å². The molecule has 0 saturated heterocycles. The van der Waals surface area contributed by atoms with Crippen LogP contribution in [0.25, 0.3) is 0 Å². The van der Waals surface area contributed by atoms with Crippen molar-refractivity contribution in [3.63, 3.8) is 0 Å². The van der Waals surface area contributed by atoms with Gasteiger partial charge in [0.15, 0.2) is 0 Å². The molecule has 1 atom stereocenters. The molecule has 3 nitrogen and oxygen atoms in total. The number of rotatable bonds is 5. The van der Waals surface area contributed by atoms with E-state index in [0.29, 0.717) is 0 Å². The number of hydrogen-bond acceptors (Lipinski definition) is 3. The first-order valence-electron chi connectivity index (χ1n) is 6.78. The molecule has 2 aromatic rings. The summed E-state index contributed by atoms with van der Waals surface area (Å²) in [5.74, 6) is 0. The van der Waals surface area contributed by atoms with Crippen molar-refractivity contribution in [1.82, 2.24) is 15.3 Å². The Bertz CT molecular complexity index is 523. The smallest absolute Gasteiger partial charge is 0.0801 e. The van der Waals surface area contributed by atoms with Crippen molar-refractivity contribution in [2.75, 3.05) is 6.54 Å². The van der Waals surface area contributed by atoms with Crippen molar-refractivity contribution < 1.29 is 0 Å². The fraction of sp³-hybridized carbons (Fsp3) is 0.375. The Balaban J connectivity index is 2.37. The Morgan fingerprint density at radius 1 is 1.21 bits per heavy atom. The number of aromatic nitrogens is 2.